The summed E-state index contributed by atoms with van der Waals surface area (Å²) in [6.45, 7) is 1.63. The van der Waals surface area contributed by atoms with Crippen LogP contribution in [0.1, 0.15) is 18.1 Å². The van der Waals surface area contributed by atoms with Crippen LogP contribution in [-0.4, -0.2) is 71.6 Å². The molecular weight excluding hydrogens is 467 g/mol. The van der Waals surface area contributed by atoms with E-state index in [1.54, 1.807) is 19.4 Å². The molecule has 4 atom stereocenters. The highest BCUT2D eigenvalue weighted by Crippen LogP contribution is 2.35. The Kier molecular flexibility index (Phi) is 7.19. The van der Waals surface area contributed by atoms with Gasteiger partial charge >= 0.3 is 0 Å². The number of piperidine rings is 1. The average molecular weight is 497 g/mol. The number of nitrogens with one attached hydrogen (secondary N) is 2. The summed E-state index contributed by atoms with van der Waals surface area (Å²) >= 11 is 1.51. The second kappa shape index (κ2) is 10.5. The number of thioether (sulfide) groups is 1. The van der Waals surface area contributed by atoms with Crippen LogP contribution in [0.5, 0.6) is 5.75 Å². The number of β-amino-alcohol motifs (C(OH)–C–C–N with tert-alkyl or cyclic N) is 1. The van der Waals surface area contributed by atoms with Crippen LogP contribution < -0.4 is 15.4 Å². The summed E-state index contributed by atoms with van der Waals surface area (Å²) in [5, 5.41) is 17.7. The maximum atomic E-state index is 15.1. The van der Waals surface area contributed by atoms with Gasteiger partial charge < -0.3 is 20.5 Å². The number of methoxy groups -OCH3 is 1. The molecule has 2 aromatic carbocycles. The standard InChI is InChI=1S/C26H29FN4O3S/c1-34-16-6-7-20-18(12-16)17(8-10-28-20)23(32)15-31-11-9-21(19(27)14-31)29-13-25-26(33)30-22-4-2-3-5-24(22)35-25/h2-8,10,12,19,21,23,25,29,32H,9,11,13-15H2,1H3,(H,30,33)/t19-,21+,23-,25?/m0/s1. The fourth-order valence-electron chi connectivity index (χ4n) is 4.76. The first-order valence-corrected chi connectivity index (χ1v) is 12.7. The highest BCUT2D eigenvalue weighted by Gasteiger charge is 2.33. The number of halogens is 1. The van der Waals surface area contributed by atoms with Crippen LogP contribution in [0, 0.1) is 0 Å². The quantitative estimate of drug-likeness (QED) is 0.462. The maximum Gasteiger partial charge on any atom is 0.239 e. The molecule has 5 rings (SSSR count). The third kappa shape index (κ3) is 5.28. The summed E-state index contributed by atoms with van der Waals surface area (Å²) in [5.74, 6) is 0.640. The van der Waals surface area contributed by atoms with E-state index in [9.17, 15) is 9.90 Å². The number of anilines is 1. The number of aliphatic hydroxyl groups is 1. The Morgan fingerprint density at radius 2 is 2.17 bits per heavy atom. The number of hydrogen-bond acceptors (Lipinski definition) is 7. The zero-order chi connectivity index (χ0) is 24.4. The zero-order valence-electron chi connectivity index (χ0n) is 19.5. The molecule has 1 fully saturated rings. The van der Waals surface area contributed by atoms with Gasteiger partial charge in [-0.15, -0.1) is 11.8 Å². The van der Waals surface area contributed by atoms with Crippen LogP contribution in [0.4, 0.5) is 10.1 Å². The number of nitrogens with zero attached hydrogens (tertiary/aromatic N) is 2. The molecular formula is C26H29FN4O3S. The van der Waals surface area contributed by atoms with E-state index in [2.05, 4.69) is 15.6 Å². The van der Waals surface area contributed by atoms with Crippen LogP contribution in [0.3, 0.4) is 0 Å². The molecule has 0 radical (unpaired) electrons. The molecule has 1 saturated heterocycles. The first kappa shape index (κ1) is 24.0. The Morgan fingerprint density at radius 1 is 1.31 bits per heavy atom. The van der Waals surface area contributed by atoms with Gasteiger partial charge in [-0.25, -0.2) is 4.39 Å². The van der Waals surface area contributed by atoms with Gasteiger partial charge in [0.25, 0.3) is 0 Å². The fourth-order valence-corrected chi connectivity index (χ4v) is 5.81. The number of benzene rings is 2. The number of likely N-dealkylation sites (tertiary alicyclic amines) is 1. The lowest BCUT2D eigenvalue weighted by molar-refractivity contribution is -0.115. The molecule has 3 N–H and O–H groups in total. The van der Waals surface area contributed by atoms with Gasteiger partial charge in [-0.2, -0.15) is 0 Å². The fraction of sp³-hybridized carbons (Fsp3) is 0.385. The number of hydrogen-bond donors (Lipinski definition) is 3. The number of aliphatic hydroxyl groups excluding tert-OH is 1. The Morgan fingerprint density at radius 3 is 3.00 bits per heavy atom. The van der Waals surface area contributed by atoms with Gasteiger partial charge in [-0.3, -0.25) is 14.7 Å². The van der Waals surface area contributed by atoms with Crippen molar-refractivity contribution in [2.24, 2.45) is 0 Å². The largest absolute Gasteiger partial charge is 0.497 e. The molecule has 1 unspecified atom stereocenters. The number of aromatic nitrogens is 1. The summed E-state index contributed by atoms with van der Waals surface area (Å²) in [5.41, 5.74) is 2.36. The van der Waals surface area contributed by atoms with Gasteiger partial charge in [0.15, 0.2) is 0 Å². The summed E-state index contributed by atoms with van der Waals surface area (Å²) in [4.78, 5) is 19.8. The Bertz CT molecular complexity index is 1210. The number of amides is 1. The minimum absolute atomic E-state index is 0.0571. The second-order valence-electron chi connectivity index (χ2n) is 8.97. The van der Waals surface area contributed by atoms with E-state index in [1.807, 2.05) is 47.4 Å². The van der Waals surface area contributed by atoms with E-state index < -0.39 is 12.3 Å². The van der Waals surface area contributed by atoms with Gasteiger partial charge in [0.05, 0.1) is 24.4 Å². The molecule has 0 spiro atoms. The van der Waals surface area contributed by atoms with Gasteiger partial charge in [0.1, 0.15) is 17.2 Å². The zero-order valence-corrected chi connectivity index (χ0v) is 20.3. The van der Waals surface area contributed by atoms with Crippen molar-refractivity contribution in [2.45, 2.75) is 34.9 Å². The van der Waals surface area contributed by atoms with E-state index in [0.717, 1.165) is 27.0 Å². The lowest BCUT2D eigenvalue weighted by Gasteiger charge is -2.37. The van der Waals surface area contributed by atoms with E-state index >= 15 is 4.39 Å². The minimum atomic E-state index is -1.09. The molecule has 0 aliphatic carbocycles. The number of fused-ring (bicyclic) bond motifs is 2. The van der Waals surface area contributed by atoms with E-state index in [4.69, 9.17) is 4.74 Å². The lowest BCUT2D eigenvalue weighted by atomic mass is 10.00. The highest BCUT2D eigenvalue weighted by atomic mass is 32.2. The highest BCUT2D eigenvalue weighted by molar-refractivity contribution is 8.01. The number of carbonyl (C=O) groups excluding carboxylic acids is 1. The molecule has 3 aromatic rings. The lowest BCUT2D eigenvalue weighted by Crippen LogP contribution is -2.53. The van der Waals surface area contributed by atoms with Gasteiger partial charge in [0.2, 0.25) is 5.91 Å². The number of pyridine rings is 1. The molecule has 3 heterocycles. The number of para-hydroxylation sites is 1. The maximum absolute atomic E-state index is 15.1. The molecule has 35 heavy (non-hydrogen) atoms. The van der Waals surface area contributed by atoms with Crippen molar-refractivity contribution < 1.29 is 19.0 Å². The van der Waals surface area contributed by atoms with Crippen molar-refractivity contribution in [3.63, 3.8) is 0 Å². The van der Waals surface area contributed by atoms with Crippen molar-refractivity contribution in [1.82, 2.24) is 15.2 Å². The smallest absolute Gasteiger partial charge is 0.239 e. The molecule has 1 aromatic heterocycles. The van der Waals surface area contributed by atoms with Crippen LogP contribution in [-0.2, 0) is 4.79 Å². The van der Waals surface area contributed by atoms with Gasteiger partial charge in [0, 0.05) is 42.2 Å². The first-order valence-electron chi connectivity index (χ1n) is 11.8. The molecule has 0 bridgehead atoms. The summed E-state index contributed by atoms with van der Waals surface area (Å²) in [6, 6.07) is 14.8. The van der Waals surface area contributed by atoms with E-state index in [1.165, 1.54) is 11.8 Å². The van der Waals surface area contributed by atoms with Crippen molar-refractivity contribution in [3.8, 4) is 5.75 Å². The summed E-state index contributed by atoms with van der Waals surface area (Å²) in [7, 11) is 1.60. The van der Waals surface area contributed by atoms with Crippen LogP contribution in [0.25, 0.3) is 10.9 Å². The van der Waals surface area contributed by atoms with Crippen molar-refractivity contribution in [1.29, 1.82) is 0 Å². The molecule has 1 amide bonds. The SMILES string of the molecule is COc1ccc2nccc([C@@H](O)CN3CC[C@@H](NCC4Sc5ccccc5NC4=O)[C@@H](F)C3)c2c1. The second-order valence-corrected chi connectivity index (χ2v) is 10.2. The molecule has 2 aliphatic rings. The Hall–Kier alpha value is -2.72. The van der Waals surface area contributed by atoms with Crippen LogP contribution in [0.15, 0.2) is 59.6 Å². The normalized spacial score (nSPS) is 23.5. The van der Waals surface area contributed by atoms with Crippen molar-refractivity contribution >= 4 is 34.3 Å². The Balaban J connectivity index is 1.16. The van der Waals surface area contributed by atoms with Crippen LogP contribution >= 0.6 is 11.8 Å². The monoisotopic (exact) mass is 496 g/mol. The van der Waals surface area contributed by atoms with Crippen molar-refractivity contribution in [3.05, 3.63) is 60.3 Å². The van der Waals surface area contributed by atoms with E-state index in [-0.39, 0.29) is 23.7 Å². The predicted molar refractivity (Wildman–Crippen MR) is 136 cm³/mol. The summed E-state index contributed by atoms with van der Waals surface area (Å²) < 4.78 is 20.4. The number of carbonyl (C=O) groups is 1. The molecule has 9 heteroatoms. The topological polar surface area (TPSA) is 86.7 Å². The third-order valence-corrected chi connectivity index (χ3v) is 7.95. The minimum Gasteiger partial charge on any atom is -0.497 e. The third-order valence-electron chi connectivity index (χ3n) is 6.67. The number of alkyl halides is 1. The van der Waals surface area contributed by atoms with Gasteiger partial charge in [-0.05, 0) is 54.9 Å². The molecule has 184 valence electrons. The van der Waals surface area contributed by atoms with Gasteiger partial charge in [-0.1, -0.05) is 12.1 Å². The van der Waals surface area contributed by atoms with E-state index in [0.29, 0.717) is 31.8 Å². The molecule has 7 nitrogen and oxygen atoms in total. The summed E-state index contributed by atoms with van der Waals surface area (Å²) in [6.07, 6.45) is 0.425. The number of rotatable bonds is 7. The average Bonchev–Trinajstić information content (AvgIpc) is 2.87. The first-order chi connectivity index (χ1) is 17.0. The van der Waals surface area contributed by atoms with Crippen LogP contribution in [0.2, 0.25) is 0 Å². The predicted octanol–water partition coefficient (Wildman–Crippen LogP) is 3.39. The molecule has 0 saturated carbocycles. The molecule has 2 aliphatic heterocycles. The van der Waals surface area contributed by atoms with Crippen molar-refractivity contribution in [2.75, 3.05) is 38.6 Å². The Labute approximate surface area is 208 Å². The number of ether oxygens (including phenoxy) is 1.